The van der Waals surface area contributed by atoms with Crippen LogP contribution in [0.15, 0.2) is 82.4 Å². The first kappa shape index (κ1) is 31.4. The Balaban J connectivity index is 0.000000225. The Labute approximate surface area is 246 Å². The Kier molecular flexibility index (Phi) is 11.6. The Hall–Kier alpha value is -5.16. The van der Waals surface area contributed by atoms with Crippen LogP contribution in [0.25, 0.3) is 0 Å². The van der Waals surface area contributed by atoms with Crippen molar-refractivity contribution in [2.45, 2.75) is 33.7 Å². The third-order valence-corrected chi connectivity index (χ3v) is 6.19. The maximum atomic E-state index is 11.8. The van der Waals surface area contributed by atoms with Crippen molar-refractivity contribution in [3.05, 3.63) is 115 Å². The number of benzene rings is 3. The molecule has 0 saturated carbocycles. The fourth-order valence-corrected chi connectivity index (χ4v) is 4.13. The number of rotatable bonds is 8. The highest BCUT2D eigenvalue weighted by molar-refractivity contribution is 5.94. The van der Waals surface area contributed by atoms with Gasteiger partial charge in [0.05, 0.1) is 12.3 Å². The second-order valence-electron chi connectivity index (χ2n) is 8.99. The highest BCUT2D eigenvalue weighted by Gasteiger charge is 2.22. The molecule has 1 aliphatic heterocycles. The summed E-state index contributed by atoms with van der Waals surface area (Å²) in [5.74, 6) is 6.27. The monoisotopic (exact) mass is 565 g/mol. The first-order valence-corrected chi connectivity index (χ1v) is 13.9. The molecule has 0 atom stereocenters. The van der Waals surface area contributed by atoms with Gasteiger partial charge < -0.3 is 25.1 Å². The third kappa shape index (κ3) is 7.73. The lowest BCUT2D eigenvalue weighted by atomic mass is 10.0. The van der Waals surface area contributed by atoms with E-state index in [1.807, 2.05) is 26.0 Å². The lowest BCUT2D eigenvalue weighted by Crippen LogP contribution is -2.35. The summed E-state index contributed by atoms with van der Waals surface area (Å²) >= 11 is 0. The van der Waals surface area contributed by atoms with Gasteiger partial charge in [0.1, 0.15) is 12.0 Å². The minimum Gasteiger partial charge on any atom is -0.488 e. The molecule has 0 aliphatic carbocycles. The maximum Gasteiger partial charge on any atom is 0.272 e. The van der Waals surface area contributed by atoms with Crippen LogP contribution in [-0.2, 0) is 11.3 Å². The van der Waals surface area contributed by atoms with Gasteiger partial charge in [0.25, 0.3) is 16.8 Å². The van der Waals surface area contributed by atoms with Crippen LogP contribution in [0.2, 0.25) is 0 Å². The van der Waals surface area contributed by atoms with Crippen LogP contribution in [0.5, 0.6) is 5.75 Å². The average molecular weight is 566 g/mol. The first-order valence-electron chi connectivity index (χ1n) is 13.9. The zero-order chi connectivity index (χ0) is 30.5. The van der Waals surface area contributed by atoms with Crippen molar-refractivity contribution in [1.82, 2.24) is 5.32 Å². The van der Waals surface area contributed by atoms with Gasteiger partial charge in [0.15, 0.2) is 5.75 Å². The van der Waals surface area contributed by atoms with Crippen LogP contribution in [0.1, 0.15) is 54.2 Å². The van der Waals surface area contributed by atoms with Crippen LogP contribution >= 0.6 is 0 Å². The van der Waals surface area contributed by atoms with Crippen molar-refractivity contribution in [2.24, 2.45) is 0 Å². The lowest BCUT2D eigenvalue weighted by molar-refractivity contribution is -0.107. The Morgan fingerprint density at radius 2 is 1.57 bits per heavy atom. The predicted molar refractivity (Wildman–Crippen MR) is 168 cm³/mol. The maximum absolute atomic E-state index is 11.8. The van der Waals surface area contributed by atoms with Crippen LogP contribution in [0.4, 0.5) is 17.1 Å². The van der Waals surface area contributed by atoms with Crippen LogP contribution in [0.3, 0.4) is 0 Å². The number of anilines is 3. The Morgan fingerprint density at radius 3 is 2.26 bits per heavy atom. The second kappa shape index (κ2) is 15.6. The summed E-state index contributed by atoms with van der Waals surface area (Å²) in [6.07, 6.45) is 0.990. The summed E-state index contributed by atoms with van der Waals surface area (Å²) in [7, 11) is 2.11. The molecule has 8 nitrogen and oxygen atoms in total. The molecule has 0 spiro atoms. The van der Waals surface area contributed by atoms with Crippen molar-refractivity contribution in [3.8, 4) is 17.6 Å². The summed E-state index contributed by atoms with van der Waals surface area (Å²) in [4.78, 5) is 47.1. The van der Waals surface area contributed by atoms with E-state index in [1.54, 1.807) is 31.2 Å². The van der Waals surface area contributed by atoms with Gasteiger partial charge in [0.2, 0.25) is 0 Å². The summed E-state index contributed by atoms with van der Waals surface area (Å²) in [5.41, 5.74) is 4.58. The van der Waals surface area contributed by atoms with Gasteiger partial charge >= 0.3 is 0 Å². The number of nitrogens with one attached hydrogen (secondary N) is 2. The molecule has 1 amide bonds. The number of hydrogen-bond acceptors (Lipinski definition) is 7. The largest absolute Gasteiger partial charge is 0.488 e. The van der Waals surface area contributed by atoms with E-state index in [1.165, 1.54) is 11.3 Å². The molecule has 2 N–H and O–H groups in total. The zero-order valence-electron chi connectivity index (χ0n) is 24.3. The number of amides is 1. The summed E-state index contributed by atoms with van der Waals surface area (Å²) in [6, 6.07) is 23.0. The van der Waals surface area contributed by atoms with E-state index >= 15 is 0 Å². The molecule has 1 aliphatic rings. The molecule has 0 unspecified atom stereocenters. The molecule has 42 heavy (non-hydrogen) atoms. The number of aldehydes is 1. The van der Waals surface area contributed by atoms with E-state index < -0.39 is 10.9 Å². The van der Waals surface area contributed by atoms with E-state index in [4.69, 9.17) is 4.74 Å². The number of carbonyl (C=O) groups excluding carboxylic acids is 2. The Bertz CT molecular complexity index is 1640. The average Bonchev–Trinajstić information content (AvgIpc) is 3.03. The molecule has 216 valence electrons. The minimum absolute atomic E-state index is 0.0354. The number of hydrogen-bond donors (Lipinski definition) is 2. The van der Waals surface area contributed by atoms with Gasteiger partial charge in [-0.1, -0.05) is 56.0 Å². The second-order valence-corrected chi connectivity index (χ2v) is 8.99. The molecular weight excluding hydrogens is 530 g/mol. The molecule has 0 radical (unpaired) electrons. The van der Waals surface area contributed by atoms with Gasteiger partial charge in [-0.05, 0) is 55.0 Å². The Morgan fingerprint density at radius 1 is 0.929 bits per heavy atom. The van der Waals surface area contributed by atoms with Gasteiger partial charge in [0, 0.05) is 48.9 Å². The molecule has 0 bridgehead atoms. The third-order valence-electron chi connectivity index (χ3n) is 6.19. The first-order chi connectivity index (χ1) is 20.4. The molecule has 4 aromatic carbocycles. The van der Waals surface area contributed by atoms with Crippen LogP contribution < -0.4 is 31.1 Å². The fourth-order valence-electron chi connectivity index (χ4n) is 4.13. The topological polar surface area (TPSA) is 105 Å². The number of para-hydroxylation sites is 1. The number of ether oxygens (including phenoxy) is 1. The summed E-state index contributed by atoms with van der Waals surface area (Å²) in [6.45, 7) is 7.20. The number of fused-ring (bicyclic) bond motifs is 2. The zero-order valence-corrected chi connectivity index (χ0v) is 24.3. The quantitative estimate of drug-likeness (QED) is 0.137. The van der Waals surface area contributed by atoms with E-state index in [-0.39, 0.29) is 30.3 Å². The lowest BCUT2D eigenvalue weighted by Gasteiger charge is -2.22. The minimum atomic E-state index is -0.638. The van der Waals surface area contributed by atoms with E-state index in [9.17, 15) is 19.2 Å². The van der Waals surface area contributed by atoms with Gasteiger partial charge in [-0.25, -0.2) is 0 Å². The van der Waals surface area contributed by atoms with Crippen LogP contribution in [-0.4, -0.2) is 32.4 Å². The summed E-state index contributed by atoms with van der Waals surface area (Å²) < 4.78 is 5.12. The van der Waals surface area contributed by atoms with E-state index in [0.717, 1.165) is 24.0 Å². The van der Waals surface area contributed by atoms with Crippen molar-refractivity contribution in [3.63, 3.8) is 0 Å². The molecule has 8 heteroatoms. The van der Waals surface area contributed by atoms with Gasteiger partial charge in [-0.15, -0.1) is 0 Å². The highest BCUT2D eigenvalue weighted by atomic mass is 16.5. The summed E-state index contributed by atoms with van der Waals surface area (Å²) in [5, 5.41) is 5.42. The van der Waals surface area contributed by atoms with Crippen molar-refractivity contribution >= 4 is 29.3 Å². The van der Waals surface area contributed by atoms with Crippen molar-refractivity contribution < 1.29 is 14.3 Å². The van der Waals surface area contributed by atoms with Crippen molar-refractivity contribution in [2.75, 3.05) is 30.4 Å². The molecule has 4 aromatic rings. The SMILES string of the molecule is CC.CCOc1c(Nc2ccc(C(=O)NCCC=O)cc2)c(=O)c1=O.CN1Cc2ccccc2C#Cc2ccccc21. The number of carbonyl (C=O) groups is 2. The molecule has 0 fully saturated rings. The normalized spacial score (nSPS) is 10.9. The number of nitrogens with zero attached hydrogens (tertiary/aromatic N) is 1. The van der Waals surface area contributed by atoms with Crippen molar-refractivity contribution in [1.29, 1.82) is 0 Å². The molecule has 0 saturated heterocycles. The standard InChI is InChI=1S/C16H16N2O5.C16H13N.C2H6/c1-2-23-15-12(13(20)14(15)21)18-11-6-4-10(5-7-11)16(22)17-8-3-9-19;1-17-12-15-8-3-2-6-13(15)10-11-14-7-4-5-9-16(14)17;1-2/h4-7,9,18H,2-3,8H2,1H3,(H,17,22);2-9H,12H2,1H3;1-2H3. The molecule has 1 heterocycles. The van der Waals surface area contributed by atoms with E-state index in [2.05, 4.69) is 70.8 Å². The predicted octanol–water partition coefficient (Wildman–Crippen LogP) is 4.81. The molecular formula is C34H35N3O5. The fraction of sp³-hybridized carbons (Fsp3) is 0.235. The smallest absolute Gasteiger partial charge is 0.272 e. The van der Waals surface area contributed by atoms with Crippen LogP contribution in [0, 0.1) is 11.8 Å². The molecule has 5 rings (SSSR count). The van der Waals surface area contributed by atoms with E-state index in [0.29, 0.717) is 17.9 Å². The van der Waals surface area contributed by atoms with Gasteiger partial charge in [-0.2, -0.15) is 0 Å². The highest BCUT2D eigenvalue weighted by Crippen LogP contribution is 2.24. The molecule has 0 aromatic heterocycles. The van der Waals surface area contributed by atoms with Gasteiger partial charge in [-0.3, -0.25) is 14.4 Å².